The minimum atomic E-state index is -3.62. The van der Waals surface area contributed by atoms with Gasteiger partial charge in [0.2, 0.25) is 15.0 Å². The molecule has 0 atom stereocenters. The zero-order chi connectivity index (χ0) is 21.5. The summed E-state index contributed by atoms with van der Waals surface area (Å²) in [6, 6.07) is 9.87. The highest BCUT2D eigenvalue weighted by Gasteiger charge is 2.20. The summed E-state index contributed by atoms with van der Waals surface area (Å²) in [5, 5.41) is 6.37. The van der Waals surface area contributed by atoms with Gasteiger partial charge in [0.25, 0.3) is 0 Å². The normalized spacial score (nSPS) is 12.0. The van der Waals surface area contributed by atoms with E-state index in [0.717, 1.165) is 22.4 Å². The quantitative estimate of drug-likeness (QED) is 0.487. The van der Waals surface area contributed by atoms with Crippen molar-refractivity contribution in [3.63, 3.8) is 0 Å². The fourth-order valence-electron chi connectivity index (χ4n) is 3.62. The molecule has 0 saturated heterocycles. The number of benzene rings is 2. The highest BCUT2D eigenvalue weighted by Crippen LogP contribution is 2.23. The third-order valence-electron chi connectivity index (χ3n) is 4.78. The van der Waals surface area contributed by atoms with Crippen molar-refractivity contribution in [3.05, 3.63) is 70.0 Å². The van der Waals surface area contributed by atoms with E-state index >= 15 is 0 Å². The van der Waals surface area contributed by atoms with E-state index in [-0.39, 0.29) is 12.4 Å². The van der Waals surface area contributed by atoms with Crippen LogP contribution in [0, 0.1) is 26.6 Å². The first-order chi connectivity index (χ1) is 14.2. The van der Waals surface area contributed by atoms with E-state index in [9.17, 15) is 12.8 Å². The molecule has 0 unspecified atom stereocenters. The summed E-state index contributed by atoms with van der Waals surface area (Å²) in [7, 11) is -3.62. The molecular formula is C21H21FN4O2S2. The number of nitrogens with zero attached hydrogens (tertiary/aromatic N) is 3. The number of rotatable bonds is 6. The van der Waals surface area contributed by atoms with E-state index in [0.29, 0.717) is 27.7 Å². The van der Waals surface area contributed by atoms with Gasteiger partial charge in [-0.25, -0.2) is 22.0 Å². The molecule has 0 bridgehead atoms. The van der Waals surface area contributed by atoms with Gasteiger partial charge in [0, 0.05) is 23.9 Å². The van der Waals surface area contributed by atoms with Gasteiger partial charge in [0.15, 0.2) is 5.82 Å². The lowest BCUT2D eigenvalue weighted by atomic mass is 10.1. The monoisotopic (exact) mass is 444 g/mol. The summed E-state index contributed by atoms with van der Waals surface area (Å²) in [4.78, 5) is 5.45. The molecule has 0 amide bonds. The van der Waals surface area contributed by atoms with Gasteiger partial charge in [-0.15, -0.1) is 16.4 Å². The zero-order valence-corrected chi connectivity index (χ0v) is 18.4. The maximum atomic E-state index is 13.5. The number of fused-ring (bicyclic) bond motifs is 1. The molecule has 30 heavy (non-hydrogen) atoms. The number of thiazole rings is 1. The maximum Gasteiger partial charge on any atom is 0.241 e. The SMILES string of the molecule is Cc1cc(C)c(S(=O)(=O)NCCc2csc3nc(-c4cccc(F)c4)nn23)c(C)c1. The Labute approximate surface area is 178 Å². The Balaban J connectivity index is 1.52. The molecule has 0 aliphatic rings. The van der Waals surface area contributed by atoms with Crippen LogP contribution in [0.3, 0.4) is 0 Å². The van der Waals surface area contributed by atoms with Gasteiger partial charge in [-0.1, -0.05) is 29.8 Å². The van der Waals surface area contributed by atoms with E-state index in [1.165, 1.54) is 23.5 Å². The van der Waals surface area contributed by atoms with Crippen molar-refractivity contribution < 1.29 is 12.8 Å². The summed E-state index contributed by atoms with van der Waals surface area (Å²) in [5.41, 5.74) is 3.93. The molecule has 2 aromatic heterocycles. The van der Waals surface area contributed by atoms with E-state index in [2.05, 4.69) is 14.8 Å². The Morgan fingerprint density at radius 1 is 1.13 bits per heavy atom. The van der Waals surface area contributed by atoms with E-state index in [1.807, 2.05) is 24.4 Å². The number of aromatic nitrogens is 3. The van der Waals surface area contributed by atoms with Crippen LogP contribution >= 0.6 is 11.3 Å². The van der Waals surface area contributed by atoms with E-state index in [1.54, 1.807) is 30.5 Å². The second-order valence-corrected chi connectivity index (χ2v) is 9.78. The van der Waals surface area contributed by atoms with Gasteiger partial charge >= 0.3 is 0 Å². The molecule has 156 valence electrons. The first kappa shape index (κ1) is 20.6. The number of sulfonamides is 1. The fourth-order valence-corrected chi connectivity index (χ4v) is 5.96. The molecule has 4 aromatic rings. The lowest BCUT2D eigenvalue weighted by Crippen LogP contribution is -2.27. The van der Waals surface area contributed by atoms with Crippen LogP contribution in [0.1, 0.15) is 22.4 Å². The van der Waals surface area contributed by atoms with Gasteiger partial charge in [-0.3, -0.25) is 0 Å². The Bertz CT molecular complexity index is 1320. The summed E-state index contributed by atoms with van der Waals surface area (Å²) in [5.74, 6) is 0.0936. The van der Waals surface area contributed by atoms with Crippen molar-refractivity contribution in [2.24, 2.45) is 0 Å². The van der Waals surface area contributed by atoms with Crippen LogP contribution in [0.25, 0.3) is 16.3 Å². The second kappa shape index (κ2) is 7.90. The average molecular weight is 445 g/mol. The molecule has 9 heteroatoms. The van der Waals surface area contributed by atoms with Crippen molar-refractivity contribution in [1.82, 2.24) is 19.3 Å². The minimum Gasteiger partial charge on any atom is -0.211 e. The summed E-state index contributed by atoms with van der Waals surface area (Å²) >= 11 is 1.41. The molecule has 2 aromatic carbocycles. The third kappa shape index (κ3) is 4.00. The Hall–Kier alpha value is -2.62. The maximum absolute atomic E-state index is 13.5. The molecule has 0 fully saturated rings. The molecule has 0 aliphatic heterocycles. The zero-order valence-electron chi connectivity index (χ0n) is 16.8. The Morgan fingerprint density at radius 2 is 1.87 bits per heavy atom. The van der Waals surface area contributed by atoms with Crippen molar-refractivity contribution in [3.8, 4) is 11.4 Å². The molecular weight excluding hydrogens is 423 g/mol. The minimum absolute atomic E-state index is 0.232. The first-order valence-electron chi connectivity index (χ1n) is 9.41. The molecule has 0 spiro atoms. The lowest BCUT2D eigenvalue weighted by molar-refractivity contribution is 0.579. The van der Waals surface area contributed by atoms with Crippen LogP contribution in [0.2, 0.25) is 0 Å². The van der Waals surface area contributed by atoms with Gasteiger partial charge in [-0.05, 0) is 44.0 Å². The highest BCUT2D eigenvalue weighted by atomic mass is 32.2. The van der Waals surface area contributed by atoms with Crippen LogP contribution in [0.5, 0.6) is 0 Å². The second-order valence-electron chi connectivity index (χ2n) is 7.24. The summed E-state index contributed by atoms with van der Waals surface area (Å²) in [6.45, 7) is 5.79. The van der Waals surface area contributed by atoms with Crippen molar-refractivity contribution >= 4 is 26.3 Å². The third-order valence-corrected chi connectivity index (χ3v) is 7.41. The van der Waals surface area contributed by atoms with Crippen molar-refractivity contribution in [1.29, 1.82) is 0 Å². The van der Waals surface area contributed by atoms with Crippen LogP contribution in [-0.2, 0) is 16.4 Å². The summed E-state index contributed by atoms with van der Waals surface area (Å²) in [6.07, 6.45) is 0.454. The lowest BCUT2D eigenvalue weighted by Gasteiger charge is -2.13. The van der Waals surface area contributed by atoms with Crippen LogP contribution in [-0.4, -0.2) is 29.6 Å². The smallest absolute Gasteiger partial charge is 0.211 e. The molecule has 6 nitrogen and oxygen atoms in total. The van der Waals surface area contributed by atoms with Crippen LogP contribution in [0.15, 0.2) is 46.7 Å². The number of hydrogen-bond acceptors (Lipinski definition) is 5. The van der Waals surface area contributed by atoms with Gasteiger partial charge < -0.3 is 0 Å². The van der Waals surface area contributed by atoms with Gasteiger partial charge in [0.1, 0.15) is 5.82 Å². The Morgan fingerprint density at radius 3 is 2.57 bits per heavy atom. The molecule has 1 N–H and O–H groups in total. The number of halogens is 1. The average Bonchev–Trinajstić information content (AvgIpc) is 3.22. The number of hydrogen-bond donors (Lipinski definition) is 1. The van der Waals surface area contributed by atoms with Gasteiger partial charge in [0.05, 0.1) is 10.6 Å². The number of aryl methyl sites for hydroxylation is 3. The van der Waals surface area contributed by atoms with Crippen molar-refractivity contribution in [2.75, 3.05) is 6.54 Å². The topological polar surface area (TPSA) is 76.4 Å². The van der Waals surface area contributed by atoms with Crippen LogP contribution in [0.4, 0.5) is 4.39 Å². The number of nitrogens with one attached hydrogen (secondary N) is 1. The molecule has 0 aliphatic carbocycles. The first-order valence-corrected chi connectivity index (χ1v) is 11.8. The standard InChI is InChI=1S/C21H21FN4O2S2/c1-13-9-14(2)19(15(3)10-13)30(27,28)23-8-7-18-12-29-21-24-20(25-26(18)21)16-5-4-6-17(22)11-16/h4-6,9-12,23H,7-8H2,1-3H3. The molecule has 0 saturated carbocycles. The van der Waals surface area contributed by atoms with Gasteiger partial charge in [-0.2, -0.15) is 4.98 Å². The van der Waals surface area contributed by atoms with E-state index < -0.39 is 10.0 Å². The molecule has 2 heterocycles. The molecule has 0 radical (unpaired) electrons. The molecule has 4 rings (SSSR count). The summed E-state index contributed by atoms with van der Waals surface area (Å²) < 4.78 is 43.5. The predicted molar refractivity (Wildman–Crippen MR) is 116 cm³/mol. The fraction of sp³-hybridized carbons (Fsp3) is 0.238. The largest absolute Gasteiger partial charge is 0.241 e. The van der Waals surface area contributed by atoms with Crippen molar-refractivity contribution in [2.45, 2.75) is 32.1 Å². The van der Waals surface area contributed by atoms with Crippen LogP contribution < -0.4 is 4.72 Å². The Kier molecular flexibility index (Phi) is 5.44. The predicted octanol–water partition coefficient (Wildman–Crippen LogP) is 4.04. The van der Waals surface area contributed by atoms with E-state index in [4.69, 9.17) is 0 Å². The highest BCUT2D eigenvalue weighted by molar-refractivity contribution is 7.89.